The minimum atomic E-state index is -1.24. The maximum absolute atomic E-state index is 8.77. The molecular weight excluding hydrogens is 164 g/mol. The van der Waals surface area contributed by atoms with Gasteiger partial charge in [-0.05, 0) is 20.3 Å². The zero-order chi connectivity index (χ0) is 9.83. The van der Waals surface area contributed by atoms with Crippen molar-refractivity contribution in [3.63, 3.8) is 0 Å². The van der Waals surface area contributed by atoms with Crippen LogP contribution in [0.3, 0.4) is 0 Å². The summed E-state index contributed by atoms with van der Waals surface area (Å²) in [6.07, 6.45) is 0.768. The summed E-state index contributed by atoms with van der Waals surface area (Å²) in [6.45, 7) is 11.1. The van der Waals surface area contributed by atoms with Gasteiger partial charge in [0.15, 0.2) is 0 Å². The largest absolute Gasteiger partial charge is 0.396 e. The van der Waals surface area contributed by atoms with Crippen LogP contribution in [0.2, 0.25) is 19.6 Å². The highest BCUT2D eigenvalue weighted by Crippen LogP contribution is 2.18. The SMILES string of the molecule is CC(C)(C#C[Si](C)(C)C)CCO. The first-order valence-electron chi connectivity index (χ1n) is 4.42. The second-order valence-electron chi connectivity index (χ2n) is 4.86. The Balaban J connectivity index is 4.28. The molecule has 0 aliphatic rings. The first-order chi connectivity index (χ1) is 5.27. The highest BCUT2D eigenvalue weighted by Gasteiger charge is 2.15. The summed E-state index contributed by atoms with van der Waals surface area (Å²) in [7, 11) is -1.24. The molecule has 0 aromatic heterocycles. The molecule has 2 heteroatoms. The summed E-state index contributed by atoms with van der Waals surface area (Å²) in [4.78, 5) is 0. The lowest BCUT2D eigenvalue weighted by molar-refractivity contribution is 0.245. The average Bonchev–Trinajstić information content (AvgIpc) is 1.83. The Morgan fingerprint density at radius 3 is 2.08 bits per heavy atom. The van der Waals surface area contributed by atoms with Crippen LogP contribution in [0.15, 0.2) is 0 Å². The van der Waals surface area contributed by atoms with Crippen molar-refractivity contribution in [2.45, 2.75) is 39.9 Å². The zero-order valence-electron chi connectivity index (χ0n) is 8.86. The van der Waals surface area contributed by atoms with E-state index in [2.05, 4.69) is 45.0 Å². The lowest BCUT2D eigenvalue weighted by atomic mass is 9.91. The molecule has 0 fully saturated rings. The Morgan fingerprint density at radius 1 is 1.25 bits per heavy atom. The molecule has 0 bridgehead atoms. The lowest BCUT2D eigenvalue weighted by Gasteiger charge is -2.16. The predicted octanol–water partition coefficient (Wildman–Crippen LogP) is 2.28. The second-order valence-corrected chi connectivity index (χ2v) is 9.61. The molecule has 0 amide bonds. The van der Waals surface area contributed by atoms with E-state index in [1.807, 2.05) is 0 Å². The van der Waals surface area contributed by atoms with E-state index in [1.54, 1.807) is 0 Å². The van der Waals surface area contributed by atoms with Crippen LogP contribution in [0.25, 0.3) is 0 Å². The molecule has 0 aliphatic carbocycles. The summed E-state index contributed by atoms with van der Waals surface area (Å²) in [5.41, 5.74) is 3.31. The van der Waals surface area contributed by atoms with Gasteiger partial charge in [0.1, 0.15) is 8.07 Å². The van der Waals surface area contributed by atoms with E-state index in [1.165, 1.54) is 0 Å². The fraction of sp³-hybridized carbons (Fsp3) is 0.800. The predicted molar refractivity (Wildman–Crippen MR) is 56.6 cm³/mol. The van der Waals surface area contributed by atoms with E-state index in [0.717, 1.165) is 6.42 Å². The van der Waals surface area contributed by atoms with Gasteiger partial charge in [0.05, 0.1) is 0 Å². The first-order valence-corrected chi connectivity index (χ1v) is 7.92. The molecule has 0 aromatic carbocycles. The molecule has 70 valence electrons. The highest BCUT2D eigenvalue weighted by molar-refractivity contribution is 6.83. The molecule has 0 saturated heterocycles. The highest BCUT2D eigenvalue weighted by atomic mass is 28.3. The maximum Gasteiger partial charge on any atom is 0.129 e. The van der Waals surface area contributed by atoms with Crippen molar-refractivity contribution in [3.05, 3.63) is 0 Å². The third kappa shape index (κ3) is 6.45. The van der Waals surface area contributed by atoms with Crippen LogP contribution in [0, 0.1) is 16.9 Å². The van der Waals surface area contributed by atoms with Gasteiger partial charge in [0, 0.05) is 12.0 Å². The van der Waals surface area contributed by atoms with E-state index in [-0.39, 0.29) is 12.0 Å². The van der Waals surface area contributed by atoms with Crippen molar-refractivity contribution in [1.29, 1.82) is 0 Å². The van der Waals surface area contributed by atoms with Crippen molar-refractivity contribution in [2.24, 2.45) is 5.41 Å². The van der Waals surface area contributed by atoms with Gasteiger partial charge in [-0.1, -0.05) is 19.6 Å². The quantitative estimate of drug-likeness (QED) is 0.515. The normalized spacial score (nSPS) is 12.2. The molecule has 0 aromatic rings. The minimum absolute atomic E-state index is 0.0188. The number of hydrogen-bond acceptors (Lipinski definition) is 1. The third-order valence-corrected chi connectivity index (χ3v) is 2.39. The molecule has 0 unspecified atom stereocenters. The summed E-state index contributed by atoms with van der Waals surface area (Å²) < 4.78 is 0. The summed E-state index contributed by atoms with van der Waals surface area (Å²) in [5, 5.41) is 8.77. The van der Waals surface area contributed by atoms with Gasteiger partial charge in [0.25, 0.3) is 0 Å². The summed E-state index contributed by atoms with van der Waals surface area (Å²) in [5.74, 6) is 3.25. The van der Waals surface area contributed by atoms with Gasteiger partial charge < -0.3 is 5.11 Å². The van der Waals surface area contributed by atoms with Crippen LogP contribution >= 0.6 is 0 Å². The Kier molecular flexibility index (Phi) is 4.02. The van der Waals surface area contributed by atoms with Crippen LogP contribution in [-0.4, -0.2) is 19.8 Å². The Morgan fingerprint density at radius 2 is 1.75 bits per heavy atom. The molecule has 0 rings (SSSR count). The smallest absolute Gasteiger partial charge is 0.129 e. The summed E-state index contributed by atoms with van der Waals surface area (Å²) >= 11 is 0. The third-order valence-electron chi connectivity index (χ3n) is 1.51. The van der Waals surface area contributed by atoms with Gasteiger partial charge in [-0.15, -0.1) is 11.5 Å². The van der Waals surface area contributed by atoms with Crippen molar-refractivity contribution in [3.8, 4) is 11.5 Å². The van der Waals surface area contributed by atoms with E-state index >= 15 is 0 Å². The van der Waals surface area contributed by atoms with Gasteiger partial charge in [-0.3, -0.25) is 0 Å². The lowest BCUT2D eigenvalue weighted by Crippen LogP contribution is -2.19. The molecule has 1 nitrogen and oxygen atoms in total. The van der Waals surface area contributed by atoms with Gasteiger partial charge in [0.2, 0.25) is 0 Å². The molecule has 0 heterocycles. The van der Waals surface area contributed by atoms with E-state index in [4.69, 9.17) is 5.11 Å². The van der Waals surface area contributed by atoms with Crippen LogP contribution in [-0.2, 0) is 0 Å². The molecule has 0 atom stereocenters. The van der Waals surface area contributed by atoms with Gasteiger partial charge in [-0.25, -0.2) is 0 Å². The molecule has 12 heavy (non-hydrogen) atoms. The topological polar surface area (TPSA) is 20.2 Å². The second kappa shape index (κ2) is 4.11. The summed E-state index contributed by atoms with van der Waals surface area (Å²) in [6, 6.07) is 0. The van der Waals surface area contributed by atoms with Crippen molar-refractivity contribution in [2.75, 3.05) is 6.61 Å². The van der Waals surface area contributed by atoms with E-state index in [0.29, 0.717) is 0 Å². The standard InChI is InChI=1S/C10H20OSi/c1-10(2,6-8-11)7-9-12(3,4)5/h11H,6,8H2,1-5H3. The Hall–Kier alpha value is -0.263. The van der Waals surface area contributed by atoms with Crippen molar-refractivity contribution < 1.29 is 5.11 Å². The van der Waals surface area contributed by atoms with Crippen LogP contribution < -0.4 is 0 Å². The maximum atomic E-state index is 8.77. The Labute approximate surface area is 77.2 Å². The number of aliphatic hydroxyl groups is 1. The van der Waals surface area contributed by atoms with Crippen molar-refractivity contribution >= 4 is 8.07 Å². The molecule has 1 N–H and O–H groups in total. The van der Waals surface area contributed by atoms with Gasteiger partial charge >= 0.3 is 0 Å². The molecule has 0 radical (unpaired) electrons. The molecule has 0 spiro atoms. The van der Waals surface area contributed by atoms with Gasteiger partial charge in [-0.2, -0.15) is 0 Å². The van der Waals surface area contributed by atoms with Crippen LogP contribution in [0.1, 0.15) is 20.3 Å². The average molecular weight is 184 g/mol. The monoisotopic (exact) mass is 184 g/mol. The molecule has 0 saturated carbocycles. The fourth-order valence-corrected chi connectivity index (χ4v) is 1.41. The van der Waals surface area contributed by atoms with E-state index < -0.39 is 8.07 Å². The number of aliphatic hydroxyl groups excluding tert-OH is 1. The fourth-order valence-electron chi connectivity index (χ4n) is 0.699. The molecular formula is C10H20OSi. The van der Waals surface area contributed by atoms with E-state index in [9.17, 15) is 0 Å². The van der Waals surface area contributed by atoms with Crippen LogP contribution in [0.4, 0.5) is 0 Å². The first kappa shape index (κ1) is 11.7. The van der Waals surface area contributed by atoms with Crippen molar-refractivity contribution in [1.82, 2.24) is 0 Å². The number of rotatable bonds is 2. The zero-order valence-corrected chi connectivity index (χ0v) is 9.86. The molecule has 0 aliphatic heterocycles. The number of hydrogen-bond donors (Lipinski definition) is 1. The Bertz CT molecular complexity index is 190. The van der Waals surface area contributed by atoms with Crippen LogP contribution in [0.5, 0.6) is 0 Å². The minimum Gasteiger partial charge on any atom is -0.396 e.